The van der Waals surface area contributed by atoms with Crippen LogP contribution >= 0.6 is 0 Å². The molecule has 0 saturated carbocycles. The maximum Gasteiger partial charge on any atom is 0.408 e. The minimum Gasteiger partial charge on any atom is -0.481 e. The summed E-state index contributed by atoms with van der Waals surface area (Å²) < 4.78 is 16.1. The molecule has 0 bridgehead atoms. The number of esters is 1. The predicted molar refractivity (Wildman–Crippen MR) is 118 cm³/mol. The average molecular weight is 446 g/mol. The van der Waals surface area contributed by atoms with E-state index in [1.807, 2.05) is 0 Å². The van der Waals surface area contributed by atoms with E-state index in [1.165, 1.54) is 13.2 Å². The Kier molecular flexibility index (Phi) is 10.3. The number of hydrogen-bond acceptors (Lipinski definition) is 6. The van der Waals surface area contributed by atoms with Gasteiger partial charge in [0, 0.05) is 12.5 Å². The molecule has 0 saturated heterocycles. The molecule has 0 aromatic heterocycles. The Labute approximate surface area is 181 Å². The van der Waals surface area contributed by atoms with E-state index in [9.17, 15) is 19.5 Å². The van der Waals surface area contributed by atoms with Crippen LogP contribution in [0.4, 0.5) is 4.79 Å². The third-order valence-corrected chi connectivity index (χ3v) is 9.75. The van der Waals surface area contributed by atoms with Crippen LogP contribution in [0.15, 0.2) is 12.7 Å². The van der Waals surface area contributed by atoms with Gasteiger partial charge in [0.25, 0.3) is 0 Å². The first kappa shape index (κ1) is 28.1. The molecule has 2 N–H and O–H groups in total. The molecule has 0 heterocycles. The van der Waals surface area contributed by atoms with Crippen LogP contribution in [0.1, 0.15) is 48.0 Å². The number of methoxy groups -OCH3 is 1. The standard InChI is InChI=1S/C21H39NO7Si/c1-11-14(13-28-30(9,10)21(5,6)7)15(17(23)24)12-16(18(25)27-8)22-19(26)29-20(2,3)4/h11,14-16H,1,12-13H2,2-10H3,(H,22,26)(H,23,24)/t14-,15-,16-/m0/s1. The number of carboxylic acids is 1. The largest absolute Gasteiger partial charge is 0.481 e. The Morgan fingerprint density at radius 2 is 1.67 bits per heavy atom. The van der Waals surface area contributed by atoms with Crippen LogP contribution in [-0.2, 0) is 23.5 Å². The zero-order valence-corrected chi connectivity index (χ0v) is 20.8. The molecule has 30 heavy (non-hydrogen) atoms. The fourth-order valence-corrected chi connectivity index (χ4v) is 3.43. The molecule has 8 nitrogen and oxygen atoms in total. The van der Waals surface area contributed by atoms with Gasteiger partial charge in [-0.3, -0.25) is 4.79 Å². The molecule has 0 aliphatic carbocycles. The number of aliphatic carboxylic acids is 1. The van der Waals surface area contributed by atoms with Gasteiger partial charge < -0.3 is 24.3 Å². The molecule has 0 unspecified atom stereocenters. The lowest BCUT2D eigenvalue weighted by atomic mass is 9.87. The van der Waals surface area contributed by atoms with E-state index in [2.05, 4.69) is 45.8 Å². The summed E-state index contributed by atoms with van der Waals surface area (Å²) in [5, 5.41) is 12.2. The highest BCUT2D eigenvalue weighted by molar-refractivity contribution is 6.74. The number of alkyl carbamates (subject to hydrolysis) is 1. The Morgan fingerprint density at radius 3 is 2.03 bits per heavy atom. The molecule has 174 valence electrons. The van der Waals surface area contributed by atoms with Crippen LogP contribution in [0.3, 0.4) is 0 Å². The first-order valence-electron chi connectivity index (χ1n) is 10.0. The lowest BCUT2D eigenvalue weighted by molar-refractivity contribution is -0.147. The number of amides is 1. The lowest BCUT2D eigenvalue weighted by Crippen LogP contribution is -2.47. The monoisotopic (exact) mass is 445 g/mol. The zero-order chi connectivity index (χ0) is 23.9. The van der Waals surface area contributed by atoms with E-state index in [0.29, 0.717) is 0 Å². The first-order valence-corrected chi connectivity index (χ1v) is 12.9. The van der Waals surface area contributed by atoms with Crippen LogP contribution < -0.4 is 5.32 Å². The Bertz CT molecular complexity index is 620. The smallest absolute Gasteiger partial charge is 0.408 e. The van der Waals surface area contributed by atoms with Crippen molar-refractivity contribution in [3.8, 4) is 0 Å². The molecule has 0 aliphatic heterocycles. The second-order valence-corrected chi connectivity index (χ2v) is 14.7. The molecule has 0 aliphatic rings. The fraction of sp³-hybridized carbons (Fsp3) is 0.762. The molecule has 1 amide bonds. The van der Waals surface area contributed by atoms with Gasteiger partial charge in [0.2, 0.25) is 0 Å². The van der Waals surface area contributed by atoms with Crippen LogP contribution in [-0.4, -0.2) is 56.8 Å². The van der Waals surface area contributed by atoms with Gasteiger partial charge in [-0.1, -0.05) is 26.8 Å². The van der Waals surface area contributed by atoms with Gasteiger partial charge in [-0.15, -0.1) is 6.58 Å². The third kappa shape index (κ3) is 9.29. The number of nitrogens with one attached hydrogen (secondary N) is 1. The minimum absolute atomic E-state index is 0.0374. The summed E-state index contributed by atoms with van der Waals surface area (Å²) in [6, 6.07) is -1.18. The normalized spacial score (nSPS) is 15.5. The molecule has 0 radical (unpaired) electrons. The molecule has 0 aromatic rings. The van der Waals surface area contributed by atoms with Gasteiger partial charge in [0.15, 0.2) is 8.32 Å². The zero-order valence-electron chi connectivity index (χ0n) is 19.8. The van der Waals surface area contributed by atoms with Crippen LogP contribution in [0.2, 0.25) is 18.1 Å². The highest BCUT2D eigenvalue weighted by Crippen LogP contribution is 2.37. The topological polar surface area (TPSA) is 111 Å². The highest BCUT2D eigenvalue weighted by atomic mass is 28.4. The minimum atomic E-state index is -2.11. The maximum absolute atomic E-state index is 12.2. The summed E-state index contributed by atoms with van der Waals surface area (Å²) in [6.07, 6.45) is 0.515. The second-order valence-electron chi connectivity index (χ2n) is 9.87. The lowest BCUT2D eigenvalue weighted by Gasteiger charge is -2.37. The van der Waals surface area contributed by atoms with Crippen LogP contribution in [0.25, 0.3) is 0 Å². The number of carbonyl (C=O) groups excluding carboxylic acids is 2. The van der Waals surface area contributed by atoms with Crippen molar-refractivity contribution in [2.45, 2.75) is 77.7 Å². The van der Waals surface area contributed by atoms with E-state index in [4.69, 9.17) is 13.9 Å². The van der Waals surface area contributed by atoms with Crippen LogP contribution in [0.5, 0.6) is 0 Å². The fourth-order valence-electron chi connectivity index (χ4n) is 2.39. The maximum atomic E-state index is 12.2. The predicted octanol–water partition coefficient (Wildman–Crippen LogP) is 3.97. The van der Waals surface area contributed by atoms with E-state index >= 15 is 0 Å². The summed E-state index contributed by atoms with van der Waals surface area (Å²) in [6.45, 7) is 19.4. The van der Waals surface area contributed by atoms with E-state index in [0.717, 1.165) is 0 Å². The van der Waals surface area contributed by atoms with Crippen molar-refractivity contribution >= 4 is 26.3 Å². The average Bonchev–Trinajstić information content (AvgIpc) is 2.56. The SMILES string of the molecule is C=C[C@@H](CO[Si](C)(C)C(C)(C)C)[C@H](C[C@H](NC(=O)OC(C)(C)C)C(=O)OC)C(=O)O. The van der Waals surface area contributed by atoms with Gasteiger partial charge in [-0.2, -0.15) is 0 Å². The van der Waals surface area contributed by atoms with Gasteiger partial charge >= 0.3 is 18.0 Å². The van der Waals surface area contributed by atoms with Crippen molar-refractivity contribution in [2.75, 3.05) is 13.7 Å². The number of carboxylic acid groups (broad SMARTS) is 1. The number of rotatable bonds is 10. The van der Waals surface area contributed by atoms with E-state index in [1.54, 1.807) is 20.8 Å². The highest BCUT2D eigenvalue weighted by Gasteiger charge is 2.39. The molecule has 0 fully saturated rings. The molecule has 0 rings (SSSR count). The second kappa shape index (κ2) is 10.9. The van der Waals surface area contributed by atoms with Crippen molar-refractivity contribution in [1.82, 2.24) is 5.32 Å². The number of hydrogen-bond donors (Lipinski definition) is 2. The summed E-state index contributed by atoms with van der Waals surface area (Å²) in [5.74, 6) is -3.42. The van der Waals surface area contributed by atoms with Gasteiger partial charge in [0.05, 0.1) is 13.0 Å². The van der Waals surface area contributed by atoms with E-state index < -0.39 is 49.8 Å². The van der Waals surface area contributed by atoms with Crippen molar-refractivity contribution in [2.24, 2.45) is 11.8 Å². The molecule has 3 atom stereocenters. The first-order chi connectivity index (χ1) is 13.4. The van der Waals surface area contributed by atoms with Gasteiger partial charge in [-0.05, 0) is 45.3 Å². The van der Waals surface area contributed by atoms with Gasteiger partial charge in [0.1, 0.15) is 11.6 Å². The Balaban J connectivity index is 5.49. The summed E-state index contributed by atoms with van der Waals surface area (Å²) in [5.41, 5.74) is -0.766. The van der Waals surface area contributed by atoms with Crippen molar-refractivity contribution in [3.05, 3.63) is 12.7 Å². The number of carbonyl (C=O) groups is 3. The number of ether oxygens (including phenoxy) is 2. The summed E-state index contributed by atoms with van der Waals surface area (Å²) >= 11 is 0. The van der Waals surface area contributed by atoms with Crippen molar-refractivity contribution in [3.63, 3.8) is 0 Å². The van der Waals surface area contributed by atoms with Crippen molar-refractivity contribution < 1.29 is 33.4 Å². The Morgan fingerprint density at radius 1 is 1.13 bits per heavy atom. The third-order valence-electron chi connectivity index (χ3n) is 5.25. The van der Waals surface area contributed by atoms with Crippen molar-refractivity contribution in [1.29, 1.82) is 0 Å². The molecule has 9 heteroatoms. The van der Waals surface area contributed by atoms with Gasteiger partial charge in [-0.25, -0.2) is 9.59 Å². The summed E-state index contributed by atoms with van der Waals surface area (Å²) in [7, 11) is -0.934. The molecule has 0 aromatic carbocycles. The quantitative estimate of drug-likeness (QED) is 0.297. The van der Waals surface area contributed by atoms with Crippen LogP contribution in [0, 0.1) is 11.8 Å². The van der Waals surface area contributed by atoms with E-state index in [-0.39, 0.29) is 18.1 Å². The Hall–Kier alpha value is -1.87. The molecule has 0 spiro atoms. The molecular weight excluding hydrogens is 406 g/mol. The molecular formula is C21H39NO7Si. The summed E-state index contributed by atoms with van der Waals surface area (Å²) in [4.78, 5) is 36.3.